The van der Waals surface area contributed by atoms with E-state index in [2.05, 4.69) is 20.3 Å². The molecule has 0 radical (unpaired) electrons. The Morgan fingerprint density at radius 3 is 2.75 bits per heavy atom. The van der Waals surface area contributed by atoms with E-state index in [4.69, 9.17) is 27.8 Å². The molecule has 1 fully saturated rings. The van der Waals surface area contributed by atoms with Crippen molar-refractivity contribution in [2.75, 3.05) is 31.3 Å². The smallest absolute Gasteiger partial charge is 0.215 e. The van der Waals surface area contributed by atoms with Gasteiger partial charge in [-0.3, -0.25) is 10.6 Å². The highest BCUT2D eigenvalue weighted by atomic mass is 35.5. The van der Waals surface area contributed by atoms with Crippen molar-refractivity contribution in [2.45, 2.75) is 18.6 Å². The molecule has 8 nitrogen and oxygen atoms in total. The third-order valence-electron chi connectivity index (χ3n) is 4.92. The van der Waals surface area contributed by atoms with E-state index in [1.54, 1.807) is 17.3 Å². The summed E-state index contributed by atoms with van der Waals surface area (Å²) in [6, 6.07) is 10.9. The van der Waals surface area contributed by atoms with E-state index in [1.807, 2.05) is 30.3 Å². The molecular formula is C19H24ClN7O. The molecule has 3 heterocycles. The molecule has 0 spiro atoms. The monoisotopic (exact) mass is 401 g/mol. The predicted molar refractivity (Wildman–Crippen MR) is 110 cm³/mol. The molecular weight excluding hydrogens is 378 g/mol. The average Bonchev–Trinajstić information content (AvgIpc) is 3.32. The fraction of sp³-hybridized carbons (Fsp3) is 0.368. The van der Waals surface area contributed by atoms with Gasteiger partial charge in [-0.1, -0.05) is 17.7 Å². The van der Waals surface area contributed by atoms with Crippen LogP contribution in [0.15, 0.2) is 47.6 Å². The highest BCUT2D eigenvalue weighted by Gasteiger charge is 2.37. The molecule has 1 saturated heterocycles. The molecule has 2 aliphatic heterocycles. The van der Waals surface area contributed by atoms with E-state index in [-0.39, 0.29) is 5.96 Å². The van der Waals surface area contributed by atoms with Crippen LogP contribution >= 0.6 is 11.6 Å². The molecule has 2 aromatic rings. The number of ether oxygens (including phenoxy) is 1. The molecule has 0 bridgehead atoms. The Kier molecular flexibility index (Phi) is 5.36. The number of nitrogens with one attached hydrogen (secondary N) is 1. The number of hydrazine groups is 1. The summed E-state index contributed by atoms with van der Waals surface area (Å²) in [5, 5.41) is 2.03. The minimum absolute atomic E-state index is 0.225. The van der Waals surface area contributed by atoms with Crippen molar-refractivity contribution in [3.05, 3.63) is 53.2 Å². The lowest BCUT2D eigenvalue weighted by Crippen LogP contribution is -2.53. The lowest BCUT2D eigenvalue weighted by Gasteiger charge is -2.25. The summed E-state index contributed by atoms with van der Waals surface area (Å²) in [6.07, 6.45) is 4.20. The summed E-state index contributed by atoms with van der Waals surface area (Å²) >= 11 is 6.43. The lowest BCUT2D eigenvalue weighted by atomic mass is 10.1. The Balaban J connectivity index is 1.44. The normalized spacial score (nSPS) is 22.5. The first-order valence-corrected chi connectivity index (χ1v) is 9.71. The first-order valence-electron chi connectivity index (χ1n) is 9.33. The fourth-order valence-corrected chi connectivity index (χ4v) is 3.65. The van der Waals surface area contributed by atoms with Crippen LogP contribution in [0.5, 0.6) is 5.75 Å². The number of aromatic nitrogens is 1. The van der Waals surface area contributed by atoms with Gasteiger partial charge in [0.05, 0.1) is 5.02 Å². The molecule has 5 N–H and O–H groups in total. The van der Waals surface area contributed by atoms with Crippen LogP contribution in [0.25, 0.3) is 0 Å². The van der Waals surface area contributed by atoms with Crippen LogP contribution in [0.1, 0.15) is 18.4 Å². The van der Waals surface area contributed by atoms with Crippen molar-refractivity contribution >= 4 is 23.4 Å². The molecule has 28 heavy (non-hydrogen) atoms. The van der Waals surface area contributed by atoms with Gasteiger partial charge in [-0.05, 0) is 56.3 Å². The fourth-order valence-electron chi connectivity index (χ4n) is 3.42. The van der Waals surface area contributed by atoms with Crippen molar-refractivity contribution in [2.24, 2.45) is 16.5 Å². The second-order valence-corrected chi connectivity index (χ2v) is 7.32. The number of likely N-dealkylation sites (tertiary alicyclic amines) is 1. The van der Waals surface area contributed by atoms with Crippen LogP contribution in [-0.4, -0.2) is 42.1 Å². The Morgan fingerprint density at radius 2 is 2.04 bits per heavy atom. The highest BCUT2D eigenvalue weighted by molar-refractivity contribution is 6.32. The molecule has 4 rings (SSSR count). The van der Waals surface area contributed by atoms with E-state index < -0.39 is 5.79 Å². The Hall–Kier alpha value is -2.39. The Labute approximate surface area is 169 Å². The minimum Gasteiger partial charge on any atom is -0.491 e. The maximum absolute atomic E-state index is 6.45. The molecule has 2 aliphatic rings. The quantitative estimate of drug-likeness (QED) is 0.675. The molecule has 0 amide bonds. The van der Waals surface area contributed by atoms with E-state index in [1.165, 1.54) is 12.8 Å². The summed E-state index contributed by atoms with van der Waals surface area (Å²) in [5.74, 6) is 0.219. The number of guanidine groups is 1. The number of anilines is 1. The summed E-state index contributed by atoms with van der Waals surface area (Å²) in [5.41, 5.74) is 16.3. The van der Waals surface area contributed by atoms with Crippen LogP contribution in [0.2, 0.25) is 5.02 Å². The predicted octanol–water partition coefficient (Wildman–Crippen LogP) is 1.62. The summed E-state index contributed by atoms with van der Waals surface area (Å²) in [6.45, 7) is 3.79. The van der Waals surface area contributed by atoms with Gasteiger partial charge in [-0.2, -0.15) is 5.43 Å². The van der Waals surface area contributed by atoms with Gasteiger partial charge in [-0.15, -0.1) is 0 Å². The van der Waals surface area contributed by atoms with Crippen molar-refractivity contribution < 1.29 is 4.74 Å². The maximum atomic E-state index is 6.45. The lowest BCUT2D eigenvalue weighted by molar-refractivity contribution is 0.237. The molecule has 0 aliphatic carbocycles. The topological polar surface area (TPSA) is 105 Å². The molecule has 9 heteroatoms. The van der Waals surface area contributed by atoms with Crippen molar-refractivity contribution in [1.82, 2.24) is 15.3 Å². The number of nitrogens with zero attached hydrogens (tertiary/aromatic N) is 4. The van der Waals surface area contributed by atoms with Gasteiger partial charge in [0, 0.05) is 18.3 Å². The van der Waals surface area contributed by atoms with E-state index in [0.29, 0.717) is 28.8 Å². The molecule has 1 aromatic heterocycles. The summed E-state index contributed by atoms with van der Waals surface area (Å²) < 4.78 is 5.85. The summed E-state index contributed by atoms with van der Waals surface area (Å²) in [7, 11) is 0. The van der Waals surface area contributed by atoms with Crippen LogP contribution in [0.4, 0.5) is 5.82 Å². The first-order chi connectivity index (χ1) is 13.5. The Bertz CT molecular complexity index is 857. The van der Waals surface area contributed by atoms with E-state index in [9.17, 15) is 0 Å². The highest BCUT2D eigenvalue weighted by Crippen LogP contribution is 2.31. The molecule has 148 valence electrons. The number of aliphatic imine (C=N–C) groups is 1. The number of benzene rings is 1. The van der Waals surface area contributed by atoms with E-state index >= 15 is 0 Å². The second-order valence-electron chi connectivity index (χ2n) is 6.91. The van der Waals surface area contributed by atoms with Crippen LogP contribution in [0.3, 0.4) is 0 Å². The SMILES string of the molecule is NC1=NC(N)(c2ccc(OCCN3CCCC3)c(Cl)c2)NN1c1ccccn1. The largest absolute Gasteiger partial charge is 0.491 e. The zero-order valence-corrected chi connectivity index (χ0v) is 16.3. The Morgan fingerprint density at radius 1 is 1.21 bits per heavy atom. The number of nitrogens with two attached hydrogens (primary N) is 2. The van der Waals surface area contributed by atoms with Gasteiger partial charge in [0.25, 0.3) is 0 Å². The van der Waals surface area contributed by atoms with Crippen LogP contribution in [-0.2, 0) is 5.79 Å². The number of hydrogen-bond donors (Lipinski definition) is 3. The third-order valence-corrected chi connectivity index (χ3v) is 5.21. The van der Waals surface area contributed by atoms with Crippen LogP contribution < -0.4 is 26.6 Å². The van der Waals surface area contributed by atoms with Gasteiger partial charge in [0.1, 0.15) is 18.2 Å². The molecule has 1 atom stereocenters. The number of halogens is 1. The number of pyridine rings is 1. The second kappa shape index (κ2) is 7.92. The van der Waals surface area contributed by atoms with E-state index in [0.717, 1.165) is 19.6 Å². The minimum atomic E-state index is -1.24. The van der Waals surface area contributed by atoms with Crippen molar-refractivity contribution in [3.63, 3.8) is 0 Å². The van der Waals surface area contributed by atoms with Gasteiger partial charge in [0.15, 0.2) is 0 Å². The molecule has 0 saturated carbocycles. The number of hydrogen-bond acceptors (Lipinski definition) is 8. The molecule has 1 aromatic carbocycles. The first kappa shape index (κ1) is 18.9. The average molecular weight is 402 g/mol. The van der Waals surface area contributed by atoms with Crippen molar-refractivity contribution in [1.29, 1.82) is 0 Å². The zero-order valence-electron chi connectivity index (χ0n) is 15.5. The maximum Gasteiger partial charge on any atom is 0.215 e. The summed E-state index contributed by atoms with van der Waals surface area (Å²) in [4.78, 5) is 11.0. The van der Waals surface area contributed by atoms with Crippen molar-refractivity contribution in [3.8, 4) is 5.75 Å². The van der Waals surface area contributed by atoms with Gasteiger partial charge in [0.2, 0.25) is 11.7 Å². The molecule has 1 unspecified atom stereocenters. The van der Waals surface area contributed by atoms with Gasteiger partial charge >= 0.3 is 0 Å². The number of rotatable bonds is 6. The third kappa shape index (κ3) is 3.90. The van der Waals surface area contributed by atoms with Crippen LogP contribution in [0, 0.1) is 0 Å². The zero-order chi connectivity index (χ0) is 19.6. The van der Waals surface area contributed by atoms with Gasteiger partial charge in [-0.25, -0.2) is 15.0 Å². The standard InChI is InChI=1S/C19H24ClN7O/c20-15-13-14(6-7-16(15)28-12-11-26-9-3-4-10-26)19(22)24-18(21)27(25-19)17-5-1-2-8-23-17/h1-2,5-8,13,25H,3-4,9-12,22H2,(H2,21,24). The van der Waals surface area contributed by atoms with Gasteiger partial charge < -0.3 is 10.5 Å².